The summed E-state index contributed by atoms with van der Waals surface area (Å²) in [7, 11) is 1.57. The van der Waals surface area contributed by atoms with Crippen LogP contribution in [0, 0.1) is 0 Å². The van der Waals surface area contributed by atoms with E-state index in [0.717, 1.165) is 25.9 Å². The SMILES string of the molecule is COC1(C(=O)NC2CCCCNC2=O)CCNCC1.Cl. The van der Waals surface area contributed by atoms with Gasteiger partial charge in [0.2, 0.25) is 5.91 Å². The second-order valence-electron chi connectivity index (χ2n) is 5.26. The van der Waals surface area contributed by atoms with Gasteiger partial charge in [0.25, 0.3) is 5.91 Å². The molecule has 3 N–H and O–H groups in total. The van der Waals surface area contributed by atoms with Gasteiger partial charge in [-0.15, -0.1) is 12.4 Å². The van der Waals surface area contributed by atoms with E-state index in [2.05, 4.69) is 16.0 Å². The molecule has 2 aliphatic heterocycles. The molecule has 6 nitrogen and oxygen atoms in total. The zero-order chi connectivity index (χ0) is 13.7. The fourth-order valence-electron chi connectivity index (χ4n) is 2.72. The minimum absolute atomic E-state index is 0. The van der Waals surface area contributed by atoms with Crippen molar-refractivity contribution >= 4 is 24.2 Å². The largest absolute Gasteiger partial charge is 0.368 e. The Morgan fingerprint density at radius 1 is 1.30 bits per heavy atom. The van der Waals surface area contributed by atoms with E-state index in [1.807, 2.05) is 0 Å². The predicted octanol–water partition coefficient (Wildman–Crippen LogP) is -0.0383. The molecule has 2 aliphatic rings. The second kappa shape index (κ2) is 7.81. The Hall–Kier alpha value is -0.850. The molecule has 2 fully saturated rings. The maximum Gasteiger partial charge on any atom is 0.252 e. The van der Waals surface area contributed by atoms with Gasteiger partial charge in [-0.3, -0.25) is 9.59 Å². The van der Waals surface area contributed by atoms with Crippen molar-refractivity contribution in [1.82, 2.24) is 16.0 Å². The van der Waals surface area contributed by atoms with Gasteiger partial charge < -0.3 is 20.7 Å². The number of hydrogen-bond acceptors (Lipinski definition) is 4. The number of ether oxygens (including phenoxy) is 1. The van der Waals surface area contributed by atoms with Crippen molar-refractivity contribution in [2.75, 3.05) is 26.7 Å². The molecule has 2 amide bonds. The molecule has 1 unspecified atom stereocenters. The molecular formula is C13H24ClN3O3. The smallest absolute Gasteiger partial charge is 0.252 e. The number of methoxy groups -OCH3 is 1. The van der Waals surface area contributed by atoms with Gasteiger partial charge in [0.1, 0.15) is 11.6 Å². The van der Waals surface area contributed by atoms with Crippen LogP contribution in [0.2, 0.25) is 0 Å². The Kier molecular flexibility index (Phi) is 6.71. The average Bonchev–Trinajstić information content (AvgIpc) is 2.65. The molecule has 20 heavy (non-hydrogen) atoms. The molecule has 2 heterocycles. The first kappa shape index (κ1) is 17.2. The predicted molar refractivity (Wildman–Crippen MR) is 77.9 cm³/mol. The molecule has 0 spiro atoms. The number of hydrogen-bond donors (Lipinski definition) is 3. The standard InChI is InChI=1S/C13H23N3O3.ClH/c1-19-13(5-8-14-9-6-13)12(18)16-10-4-2-3-7-15-11(10)17;/h10,14H,2-9H2,1H3,(H,15,17)(H,16,18);1H. The number of piperidine rings is 1. The summed E-state index contributed by atoms with van der Waals surface area (Å²) in [4.78, 5) is 24.3. The lowest BCUT2D eigenvalue weighted by atomic mass is 9.90. The fraction of sp³-hybridized carbons (Fsp3) is 0.846. The van der Waals surface area contributed by atoms with Gasteiger partial charge >= 0.3 is 0 Å². The number of carbonyl (C=O) groups is 2. The van der Waals surface area contributed by atoms with E-state index < -0.39 is 11.6 Å². The van der Waals surface area contributed by atoms with Gasteiger partial charge in [0, 0.05) is 13.7 Å². The van der Waals surface area contributed by atoms with Crippen molar-refractivity contribution in [3.63, 3.8) is 0 Å². The Morgan fingerprint density at radius 2 is 2.00 bits per heavy atom. The Bertz CT molecular complexity index is 346. The highest BCUT2D eigenvalue weighted by Crippen LogP contribution is 2.23. The summed E-state index contributed by atoms with van der Waals surface area (Å²) in [5, 5.41) is 8.90. The maximum atomic E-state index is 12.4. The molecule has 7 heteroatoms. The lowest BCUT2D eigenvalue weighted by Crippen LogP contribution is -2.58. The molecule has 0 aromatic heterocycles. The van der Waals surface area contributed by atoms with Gasteiger partial charge in [-0.25, -0.2) is 0 Å². The van der Waals surface area contributed by atoms with E-state index in [-0.39, 0.29) is 24.2 Å². The summed E-state index contributed by atoms with van der Waals surface area (Å²) in [6, 6.07) is -0.420. The van der Waals surface area contributed by atoms with Gasteiger partial charge in [-0.2, -0.15) is 0 Å². The topological polar surface area (TPSA) is 79.5 Å². The van der Waals surface area contributed by atoms with E-state index in [9.17, 15) is 9.59 Å². The molecule has 2 saturated heterocycles. The Balaban J connectivity index is 0.00000200. The second-order valence-corrected chi connectivity index (χ2v) is 5.26. The third-order valence-corrected chi connectivity index (χ3v) is 4.06. The molecule has 0 aliphatic carbocycles. The average molecular weight is 306 g/mol. The fourth-order valence-corrected chi connectivity index (χ4v) is 2.72. The zero-order valence-electron chi connectivity index (χ0n) is 11.9. The van der Waals surface area contributed by atoms with Crippen molar-refractivity contribution in [3.05, 3.63) is 0 Å². The summed E-state index contributed by atoms with van der Waals surface area (Å²) in [5.74, 6) is -0.232. The van der Waals surface area contributed by atoms with Crippen LogP contribution in [-0.2, 0) is 14.3 Å². The van der Waals surface area contributed by atoms with E-state index >= 15 is 0 Å². The minimum atomic E-state index is -0.780. The number of carbonyl (C=O) groups excluding carboxylic acids is 2. The third kappa shape index (κ3) is 3.84. The van der Waals surface area contributed by atoms with Crippen LogP contribution >= 0.6 is 12.4 Å². The molecule has 0 aromatic carbocycles. The van der Waals surface area contributed by atoms with E-state index in [1.165, 1.54) is 0 Å². The van der Waals surface area contributed by atoms with E-state index in [1.54, 1.807) is 7.11 Å². The quantitative estimate of drug-likeness (QED) is 0.684. The van der Waals surface area contributed by atoms with Crippen LogP contribution in [0.4, 0.5) is 0 Å². The van der Waals surface area contributed by atoms with Gasteiger partial charge in [0.05, 0.1) is 0 Å². The third-order valence-electron chi connectivity index (χ3n) is 4.06. The summed E-state index contributed by atoms with van der Waals surface area (Å²) in [6.45, 7) is 2.22. The number of amides is 2. The van der Waals surface area contributed by atoms with Crippen molar-refractivity contribution in [3.8, 4) is 0 Å². The van der Waals surface area contributed by atoms with Gasteiger partial charge in [-0.05, 0) is 45.2 Å². The highest BCUT2D eigenvalue weighted by atomic mass is 35.5. The Morgan fingerprint density at radius 3 is 2.65 bits per heavy atom. The number of rotatable bonds is 3. The zero-order valence-corrected chi connectivity index (χ0v) is 12.7. The maximum absolute atomic E-state index is 12.4. The first-order valence-corrected chi connectivity index (χ1v) is 7.02. The van der Waals surface area contributed by atoms with Crippen molar-refractivity contribution in [2.45, 2.75) is 43.7 Å². The van der Waals surface area contributed by atoms with Crippen LogP contribution in [0.1, 0.15) is 32.1 Å². The normalized spacial score (nSPS) is 25.9. The van der Waals surface area contributed by atoms with Crippen molar-refractivity contribution in [2.24, 2.45) is 0 Å². The molecule has 1 atom stereocenters. The minimum Gasteiger partial charge on any atom is -0.368 e. The van der Waals surface area contributed by atoms with Crippen molar-refractivity contribution < 1.29 is 14.3 Å². The number of nitrogens with one attached hydrogen (secondary N) is 3. The first-order valence-electron chi connectivity index (χ1n) is 7.02. The van der Waals surface area contributed by atoms with Gasteiger partial charge in [0.15, 0.2) is 0 Å². The first-order chi connectivity index (χ1) is 9.18. The Labute approximate surface area is 125 Å². The summed E-state index contributed by atoms with van der Waals surface area (Å²) in [5.41, 5.74) is -0.780. The number of halogens is 1. The highest BCUT2D eigenvalue weighted by Gasteiger charge is 2.41. The lowest BCUT2D eigenvalue weighted by Gasteiger charge is -2.35. The van der Waals surface area contributed by atoms with E-state index in [4.69, 9.17) is 4.74 Å². The highest BCUT2D eigenvalue weighted by molar-refractivity contribution is 5.91. The molecule has 116 valence electrons. The lowest BCUT2D eigenvalue weighted by molar-refractivity contribution is -0.149. The van der Waals surface area contributed by atoms with E-state index in [0.29, 0.717) is 25.8 Å². The summed E-state index contributed by atoms with van der Waals surface area (Å²) >= 11 is 0. The molecule has 0 radical (unpaired) electrons. The summed E-state index contributed by atoms with van der Waals surface area (Å²) < 4.78 is 5.46. The molecule has 0 saturated carbocycles. The van der Waals surface area contributed by atoms with Crippen LogP contribution < -0.4 is 16.0 Å². The molecular weight excluding hydrogens is 282 g/mol. The van der Waals surface area contributed by atoms with Crippen LogP contribution in [-0.4, -0.2) is 50.2 Å². The van der Waals surface area contributed by atoms with Crippen LogP contribution in [0.25, 0.3) is 0 Å². The van der Waals surface area contributed by atoms with Crippen LogP contribution in [0.3, 0.4) is 0 Å². The van der Waals surface area contributed by atoms with Gasteiger partial charge in [-0.1, -0.05) is 0 Å². The van der Waals surface area contributed by atoms with Crippen LogP contribution in [0.15, 0.2) is 0 Å². The molecule has 0 aromatic rings. The molecule has 0 bridgehead atoms. The summed E-state index contributed by atoms with van der Waals surface area (Å²) in [6.07, 6.45) is 3.91. The monoisotopic (exact) mass is 305 g/mol. The van der Waals surface area contributed by atoms with Crippen LogP contribution in [0.5, 0.6) is 0 Å². The van der Waals surface area contributed by atoms with Crippen molar-refractivity contribution in [1.29, 1.82) is 0 Å². The molecule has 2 rings (SSSR count).